The molecule has 0 radical (unpaired) electrons. The molecule has 5 nitrogen and oxygen atoms in total. The predicted molar refractivity (Wildman–Crippen MR) is 139 cm³/mol. The van der Waals surface area contributed by atoms with E-state index < -0.39 is 0 Å². The molecule has 1 atom stereocenters. The molecule has 1 fully saturated rings. The summed E-state index contributed by atoms with van der Waals surface area (Å²) in [7, 11) is 0. The number of carbonyl (C=O) groups is 1. The van der Waals surface area contributed by atoms with E-state index in [2.05, 4.69) is 50.1 Å². The van der Waals surface area contributed by atoms with Gasteiger partial charge in [-0.1, -0.05) is 33.6 Å². The van der Waals surface area contributed by atoms with Crippen LogP contribution in [0.5, 0.6) is 0 Å². The summed E-state index contributed by atoms with van der Waals surface area (Å²) in [5.41, 5.74) is 5.35. The third-order valence-electron chi connectivity index (χ3n) is 6.70. The van der Waals surface area contributed by atoms with Crippen LogP contribution in [-0.2, 0) is 11.2 Å². The van der Waals surface area contributed by atoms with Gasteiger partial charge in [0.25, 0.3) is 0 Å². The normalized spacial score (nSPS) is 18.0. The molecule has 5 rings (SSSR count). The van der Waals surface area contributed by atoms with Gasteiger partial charge in [-0.05, 0) is 75.7 Å². The molecule has 1 saturated heterocycles. The maximum atomic E-state index is 12.9. The van der Waals surface area contributed by atoms with E-state index in [-0.39, 0.29) is 11.8 Å². The summed E-state index contributed by atoms with van der Waals surface area (Å²) >= 11 is 13.7. The minimum Gasteiger partial charge on any atom is -0.342 e. The van der Waals surface area contributed by atoms with Gasteiger partial charge in [-0.25, -0.2) is 0 Å². The molecule has 0 spiro atoms. The summed E-state index contributed by atoms with van der Waals surface area (Å²) in [6.45, 7) is 1.44. The van der Waals surface area contributed by atoms with Crippen molar-refractivity contribution >= 4 is 59.9 Å². The van der Waals surface area contributed by atoms with Crippen molar-refractivity contribution in [3.05, 3.63) is 92.4 Å². The Balaban J connectivity index is 1.40. The Labute approximate surface area is 220 Å². The third kappa shape index (κ3) is 4.79. The van der Waals surface area contributed by atoms with Crippen molar-refractivity contribution in [2.24, 2.45) is 5.92 Å². The van der Waals surface area contributed by atoms with Gasteiger partial charge in [-0.3, -0.25) is 15.0 Å². The number of aromatic nitrogens is 2. The first-order chi connectivity index (χ1) is 16.4. The second-order valence-corrected chi connectivity index (χ2v) is 11.0. The highest BCUT2D eigenvalue weighted by Gasteiger charge is 2.35. The molecule has 0 saturated carbocycles. The van der Waals surface area contributed by atoms with Crippen molar-refractivity contribution in [1.82, 2.24) is 9.88 Å². The number of halogens is 3. The van der Waals surface area contributed by atoms with E-state index in [1.807, 2.05) is 23.2 Å². The van der Waals surface area contributed by atoms with Gasteiger partial charge in [-0.15, -0.1) is 0 Å². The number of benzene rings is 1. The first-order valence-corrected chi connectivity index (χ1v) is 13.1. The summed E-state index contributed by atoms with van der Waals surface area (Å²) in [4.78, 5) is 19.7. The smallest absolute Gasteiger partial charge is 0.226 e. The Hall–Kier alpha value is -2.22. The molecule has 8 heteroatoms. The largest absolute Gasteiger partial charge is 0.342 e. The summed E-state index contributed by atoms with van der Waals surface area (Å²) in [6.07, 6.45) is 9.21. The average molecular weight is 605 g/mol. The van der Waals surface area contributed by atoms with Crippen LogP contribution in [0.25, 0.3) is 10.6 Å². The van der Waals surface area contributed by atoms with E-state index in [0.717, 1.165) is 62.0 Å². The van der Waals surface area contributed by atoms with Crippen LogP contribution in [0, 0.1) is 5.92 Å². The lowest BCUT2D eigenvalue weighted by atomic mass is 9.76. The number of piperidine rings is 1. The highest BCUT2D eigenvalue weighted by Crippen LogP contribution is 2.46. The lowest BCUT2D eigenvalue weighted by molar-refractivity contribution is -0.904. The zero-order valence-electron chi connectivity index (χ0n) is 18.3. The second kappa shape index (κ2) is 9.80. The molecule has 3 aromatic rings. The number of carbonyl (C=O) groups excluding carboxylic acids is 1. The van der Waals surface area contributed by atoms with Crippen LogP contribution in [0.4, 0.5) is 0 Å². The minimum absolute atomic E-state index is 0.119. The first-order valence-electron chi connectivity index (χ1n) is 11.2. The molecule has 2 aliphatic rings. The van der Waals surface area contributed by atoms with Gasteiger partial charge in [0.15, 0.2) is 0 Å². The molecule has 1 N–H and O–H groups in total. The van der Waals surface area contributed by atoms with E-state index >= 15 is 0 Å². The van der Waals surface area contributed by atoms with E-state index in [1.54, 1.807) is 24.5 Å². The van der Waals surface area contributed by atoms with Crippen molar-refractivity contribution in [2.75, 3.05) is 13.1 Å². The number of rotatable bonds is 3. The number of likely N-dealkylation sites (tertiary alicyclic amines) is 1. The van der Waals surface area contributed by atoms with Crippen molar-refractivity contribution in [3.63, 3.8) is 0 Å². The van der Waals surface area contributed by atoms with E-state index in [4.69, 9.17) is 16.6 Å². The molecule has 1 amide bonds. The lowest BCUT2D eigenvalue weighted by Gasteiger charge is -2.37. The molecule has 1 aromatic carbocycles. The Kier molecular flexibility index (Phi) is 6.78. The summed E-state index contributed by atoms with van der Waals surface area (Å²) < 4.78 is 2.91. The van der Waals surface area contributed by atoms with Crippen molar-refractivity contribution in [3.8, 4) is 0 Å². The quantitative estimate of drug-likeness (QED) is 0.302. The molecular formula is C26H23Br2ClN3O2+. The SMILES string of the molecule is O=C(Cc1cc[n+](O)cc1)N1CCC(C2c3ccc(Cl)cc3C=C(Br)c3cc(Br)cnc32)CC1. The zero-order valence-corrected chi connectivity index (χ0v) is 22.2. The van der Waals surface area contributed by atoms with Gasteiger partial charge in [-0.2, -0.15) is 0 Å². The van der Waals surface area contributed by atoms with Gasteiger partial charge < -0.3 is 4.90 Å². The molecule has 3 heterocycles. The van der Waals surface area contributed by atoms with Crippen LogP contribution < -0.4 is 4.73 Å². The van der Waals surface area contributed by atoms with Crippen LogP contribution in [0.2, 0.25) is 5.02 Å². The third-order valence-corrected chi connectivity index (χ3v) is 8.03. The minimum atomic E-state index is 0.119. The highest BCUT2D eigenvalue weighted by atomic mass is 79.9. The van der Waals surface area contributed by atoms with Crippen LogP contribution in [0.15, 0.2) is 59.5 Å². The van der Waals surface area contributed by atoms with E-state index in [9.17, 15) is 10.0 Å². The number of hydrogen-bond donors (Lipinski definition) is 1. The fraction of sp³-hybridized carbons (Fsp3) is 0.269. The Morgan fingerprint density at radius 3 is 2.62 bits per heavy atom. The molecular weight excluding hydrogens is 582 g/mol. The molecule has 174 valence electrons. The van der Waals surface area contributed by atoms with Crippen LogP contribution in [0.1, 0.15) is 46.7 Å². The standard InChI is InChI=1S/C26H23Br2ClN3O2/c27-19-14-22-23(28)13-18-12-20(29)1-2-21(18)25(26(22)30-15-19)17-5-7-31(8-6-17)24(33)11-16-3-9-32(34)10-4-16/h1-4,9-10,12-15,17,25,34H,5-8,11H2/q+1. The summed E-state index contributed by atoms with van der Waals surface area (Å²) in [5, 5.41) is 10.1. The molecule has 2 aromatic heterocycles. The number of pyridine rings is 2. The maximum absolute atomic E-state index is 12.9. The lowest BCUT2D eigenvalue weighted by Crippen LogP contribution is -2.41. The highest BCUT2D eigenvalue weighted by molar-refractivity contribution is 9.15. The fourth-order valence-corrected chi connectivity index (χ4v) is 6.09. The topological polar surface area (TPSA) is 57.3 Å². The molecule has 1 aliphatic heterocycles. The average Bonchev–Trinajstić information content (AvgIpc) is 2.94. The number of nitrogens with zero attached hydrogens (tertiary/aromatic N) is 3. The van der Waals surface area contributed by atoms with Crippen molar-refractivity contribution in [2.45, 2.75) is 25.2 Å². The van der Waals surface area contributed by atoms with Crippen LogP contribution >= 0.6 is 43.5 Å². The van der Waals surface area contributed by atoms with E-state index in [1.165, 1.54) is 5.56 Å². The van der Waals surface area contributed by atoms with Crippen molar-refractivity contribution < 1.29 is 14.7 Å². The molecule has 1 unspecified atom stereocenters. The number of fused-ring (bicyclic) bond motifs is 2. The van der Waals surface area contributed by atoms with Gasteiger partial charge in [0.2, 0.25) is 18.3 Å². The molecule has 1 aliphatic carbocycles. The first kappa shape index (κ1) is 23.5. The Morgan fingerprint density at radius 1 is 1.15 bits per heavy atom. The zero-order chi connectivity index (χ0) is 23.8. The van der Waals surface area contributed by atoms with Gasteiger partial charge in [0.05, 0.1) is 12.1 Å². The van der Waals surface area contributed by atoms with E-state index in [0.29, 0.717) is 17.4 Å². The van der Waals surface area contributed by atoms with Crippen molar-refractivity contribution in [1.29, 1.82) is 0 Å². The van der Waals surface area contributed by atoms with Crippen LogP contribution in [0.3, 0.4) is 0 Å². The second-order valence-electron chi connectivity index (χ2n) is 8.81. The monoisotopic (exact) mass is 602 g/mol. The number of amides is 1. The van der Waals surface area contributed by atoms with Gasteiger partial charge >= 0.3 is 0 Å². The fourth-order valence-electron chi connectivity index (χ4n) is 5.02. The van der Waals surface area contributed by atoms with Gasteiger partial charge in [0, 0.05) is 61.6 Å². The predicted octanol–water partition coefficient (Wildman–Crippen LogP) is 5.84. The van der Waals surface area contributed by atoms with Crippen LogP contribution in [-0.4, -0.2) is 34.1 Å². The Bertz CT molecular complexity index is 1270. The summed E-state index contributed by atoms with van der Waals surface area (Å²) in [5.74, 6) is 0.593. The van der Waals surface area contributed by atoms with Gasteiger partial charge in [0.1, 0.15) is 0 Å². The Morgan fingerprint density at radius 2 is 1.88 bits per heavy atom. The summed E-state index contributed by atoms with van der Waals surface area (Å²) in [6, 6.07) is 11.7. The number of hydrogen-bond acceptors (Lipinski definition) is 3. The molecule has 0 bridgehead atoms. The maximum Gasteiger partial charge on any atom is 0.226 e. The molecule has 34 heavy (non-hydrogen) atoms.